The van der Waals surface area contributed by atoms with E-state index in [1.54, 1.807) is 6.92 Å². The Hall–Kier alpha value is -2.69. The molecule has 1 fully saturated rings. The molecule has 0 unspecified atom stereocenters. The summed E-state index contributed by atoms with van der Waals surface area (Å²) in [6.07, 6.45) is 1.56. The normalized spacial score (nSPS) is 18.8. The van der Waals surface area contributed by atoms with Crippen molar-refractivity contribution >= 4 is 17.5 Å². The standard InChI is InChI=1S/C28H30ClFN2O/c1-20-15-22(11-12-27(20)30)24-16-25(28(33)31-14-13-21-7-3-2-4-8-21)19-32(18-24)17-23-9-5-6-10-26(23)29/h2-12,15,24-25H,13-14,16-19H2,1H3,(H,31,33)/t24-,25-/m1/s1. The molecule has 0 spiro atoms. The van der Waals surface area contributed by atoms with E-state index in [2.05, 4.69) is 22.3 Å². The van der Waals surface area contributed by atoms with Crippen molar-refractivity contribution in [1.29, 1.82) is 0 Å². The van der Waals surface area contributed by atoms with Gasteiger partial charge in [0.1, 0.15) is 5.82 Å². The molecule has 1 amide bonds. The van der Waals surface area contributed by atoms with Crippen molar-refractivity contribution < 1.29 is 9.18 Å². The SMILES string of the molecule is Cc1cc([C@@H]2C[C@@H](C(=O)NCCc3ccccc3)CN(Cc3ccccc3Cl)C2)ccc1F. The van der Waals surface area contributed by atoms with Crippen LogP contribution in [-0.4, -0.2) is 30.4 Å². The van der Waals surface area contributed by atoms with Crippen LogP contribution in [-0.2, 0) is 17.8 Å². The second-order valence-corrected chi connectivity index (χ2v) is 9.36. The number of piperidine rings is 1. The van der Waals surface area contributed by atoms with E-state index in [0.29, 0.717) is 25.2 Å². The van der Waals surface area contributed by atoms with Gasteiger partial charge in [0, 0.05) is 31.2 Å². The van der Waals surface area contributed by atoms with E-state index in [9.17, 15) is 9.18 Å². The molecular formula is C28H30ClFN2O. The number of aryl methyl sites for hydroxylation is 1. The second-order valence-electron chi connectivity index (χ2n) is 8.95. The lowest BCUT2D eigenvalue weighted by atomic mass is 9.83. The molecule has 4 rings (SSSR count). The van der Waals surface area contributed by atoms with Crippen molar-refractivity contribution in [2.45, 2.75) is 32.2 Å². The smallest absolute Gasteiger partial charge is 0.224 e. The maximum absolute atomic E-state index is 13.9. The Bertz CT molecular complexity index is 1090. The van der Waals surface area contributed by atoms with Crippen LogP contribution in [0.4, 0.5) is 4.39 Å². The zero-order chi connectivity index (χ0) is 23.2. The van der Waals surface area contributed by atoms with Crippen molar-refractivity contribution in [1.82, 2.24) is 10.2 Å². The van der Waals surface area contributed by atoms with Crippen LogP contribution >= 0.6 is 11.6 Å². The summed E-state index contributed by atoms with van der Waals surface area (Å²) in [7, 11) is 0. The Balaban J connectivity index is 1.47. The first-order chi connectivity index (χ1) is 16.0. The van der Waals surface area contributed by atoms with Crippen LogP contribution < -0.4 is 5.32 Å². The number of nitrogens with one attached hydrogen (secondary N) is 1. The lowest BCUT2D eigenvalue weighted by molar-refractivity contribution is -0.127. The molecule has 5 heteroatoms. The van der Waals surface area contributed by atoms with Gasteiger partial charge in [-0.25, -0.2) is 4.39 Å². The van der Waals surface area contributed by atoms with Crippen molar-refractivity contribution in [3.63, 3.8) is 0 Å². The molecule has 1 heterocycles. The van der Waals surface area contributed by atoms with Gasteiger partial charge in [0.2, 0.25) is 5.91 Å². The molecule has 3 aromatic rings. The van der Waals surface area contributed by atoms with Crippen molar-refractivity contribution in [3.05, 3.63) is 106 Å². The van der Waals surface area contributed by atoms with Crippen LogP contribution in [0.3, 0.4) is 0 Å². The highest BCUT2D eigenvalue weighted by atomic mass is 35.5. The number of hydrogen-bond donors (Lipinski definition) is 1. The van der Waals surface area contributed by atoms with Gasteiger partial charge in [0.15, 0.2) is 0 Å². The average molecular weight is 465 g/mol. The number of carbonyl (C=O) groups excluding carboxylic acids is 1. The van der Waals surface area contributed by atoms with Crippen LogP contribution in [0.2, 0.25) is 5.02 Å². The predicted molar refractivity (Wildman–Crippen MR) is 132 cm³/mol. The molecule has 1 saturated heterocycles. The topological polar surface area (TPSA) is 32.3 Å². The largest absolute Gasteiger partial charge is 0.355 e. The number of carbonyl (C=O) groups is 1. The first-order valence-corrected chi connectivity index (χ1v) is 11.9. The third-order valence-corrected chi connectivity index (χ3v) is 6.83. The summed E-state index contributed by atoms with van der Waals surface area (Å²) in [5.41, 5.74) is 3.99. The molecule has 1 aliphatic rings. The van der Waals surface area contributed by atoms with E-state index in [0.717, 1.165) is 35.5 Å². The Morgan fingerprint density at radius 2 is 1.82 bits per heavy atom. The molecule has 3 aromatic carbocycles. The molecule has 0 radical (unpaired) electrons. The van der Waals surface area contributed by atoms with Gasteiger partial charge in [0.25, 0.3) is 0 Å². The van der Waals surface area contributed by atoms with Gasteiger partial charge >= 0.3 is 0 Å². The fourth-order valence-electron chi connectivity index (χ4n) is 4.66. The van der Waals surface area contributed by atoms with Gasteiger partial charge in [-0.05, 0) is 60.1 Å². The Labute approximate surface area is 200 Å². The third kappa shape index (κ3) is 6.21. The van der Waals surface area contributed by atoms with E-state index < -0.39 is 0 Å². The third-order valence-electron chi connectivity index (χ3n) is 6.46. The van der Waals surface area contributed by atoms with Crippen molar-refractivity contribution in [2.75, 3.05) is 19.6 Å². The summed E-state index contributed by atoms with van der Waals surface area (Å²) in [6.45, 7) is 4.58. The summed E-state index contributed by atoms with van der Waals surface area (Å²) in [5.74, 6) is -0.0888. The molecule has 1 N–H and O–H groups in total. The van der Waals surface area contributed by atoms with Gasteiger partial charge in [-0.1, -0.05) is 72.3 Å². The summed E-state index contributed by atoms with van der Waals surface area (Å²) in [5, 5.41) is 3.87. The molecule has 1 aliphatic heterocycles. The van der Waals surface area contributed by atoms with Gasteiger partial charge in [-0.15, -0.1) is 0 Å². The number of amides is 1. The molecule has 3 nitrogen and oxygen atoms in total. The molecule has 0 aromatic heterocycles. The molecule has 172 valence electrons. The number of halogens is 2. The van der Waals surface area contributed by atoms with Crippen LogP contribution in [0.1, 0.15) is 34.6 Å². The highest BCUT2D eigenvalue weighted by Gasteiger charge is 2.32. The summed E-state index contributed by atoms with van der Waals surface area (Å²) < 4.78 is 13.9. The summed E-state index contributed by atoms with van der Waals surface area (Å²) in [6, 6.07) is 23.3. The fraction of sp³-hybridized carbons (Fsp3) is 0.321. The number of hydrogen-bond acceptors (Lipinski definition) is 2. The zero-order valence-electron chi connectivity index (χ0n) is 18.9. The Morgan fingerprint density at radius 1 is 1.06 bits per heavy atom. The monoisotopic (exact) mass is 464 g/mol. The van der Waals surface area contributed by atoms with Crippen molar-refractivity contribution in [3.8, 4) is 0 Å². The number of likely N-dealkylation sites (tertiary alicyclic amines) is 1. The lowest BCUT2D eigenvalue weighted by Gasteiger charge is -2.37. The maximum Gasteiger partial charge on any atom is 0.224 e. The van der Waals surface area contributed by atoms with Crippen molar-refractivity contribution in [2.24, 2.45) is 5.92 Å². The number of benzene rings is 3. The quantitative estimate of drug-likeness (QED) is 0.482. The lowest BCUT2D eigenvalue weighted by Crippen LogP contribution is -2.45. The van der Waals surface area contributed by atoms with E-state index in [-0.39, 0.29) is 23.6 Å². The molecule has 0 aliphatic carbocycles. The van der Waals surface area contributed by atoms with Gasteiger partial charge < -0.3 is 5.32 Å². The Morgan fingerprint density at radius 3 is 2.58 bits per heavy atom. The van der Waals surface area contributed by atoms with E-state index in [1.165, 1.54) is 11.6 Å². The van der Waals surface area contributed by atoms with Crippen LogP contribution in [0, 0.1) is 18.7 Å². The van der Waals surface area contributed by atoms with E-state index >= 15 is 0 Å². The summed E-state index contributed by atoms with van der Waals surface area (Å²) >= 11 is 6.41. The van der Waals surface area contributed by atoms with Gasteiger partial charge in [-0.3, -0.25) is 9.69 Å². The van der Waals surface area contributed by atoms with Gasteiger partial charge in [-0.2, -0.15) is 0 Å². The Kier molecular flexibility index (Phi) is 7.79. The minimum absolute atomic E-state index is 0.0821. The highest BCUT2D eigenvalue weighted by molar-refractivity contribution is 6.31. The molecule has 33 heavy (non-hydrogen) atoms. The number of rotatable bonds is 7. The number of nitrogens with zero attached hydrogens (tertiary/aromatic N) is 1. The van der Waals surface area contributed by atoms with Crippen LogP contribution in [0.5, 0.6) is 0 Å². The van der Waals surface area contributed by atoms with E-state index in [1.807, 2.05) is 54.6 Å². The van der Waals surface area contributed by atoms with Crippen LogP contribution in [0.25, 0.3) is 0 Å². The minimum Gasteiger partial charge on any atom is -0.355 e. The predicted octanol–water partition coefficient (Wildman–Crippen LogP) is 5.75. The zero-order valence-corrected chi connectivity index (χ0v) is 19.7. The first kappa shape index (κ1) is 23.5. The van der Waals surface area contributed by atoms with Crippen LogP contribution in [0.15, 0.2) is 72.8 Å². The van der Waals surface area contributed by atoms with E-state index in [4.69, 9.17) is 11.6 Å². The molecule has 0 bridgehead atoms. The average Bonchev–Trinajstić information content (AvgIpc) is 2.83. The fourth-order valence-corrected chi connectivity index (χ4v) is 4.85. The first-order valence-electron chi connectivity index (χ1n) is 11.5. The molecular weight excluding hydrogens is 435 g/mol. The van der Waals surface area contributed by atoms with Gasteiger partial charge in [0.05, 0.1) is 5.92 Å². The highest BCUT2D eigenvalue weighted by Crippen LogP contribution is 2.33. The maximum atomic E-state index is 13.9. The minimum atomic E-state index is -0.197. The summed E-state index contributed by atoms with van der Waals surface area (Å²) in [4.78, 5) is 15.4. The molecule has 0 saturated carbocycles. The molecule has 2 atom stereocenters. The second kappa shape index (κ2) is 11.0.